The predicted molar refractivity (Wildman–Crippen MR) is 77.5 cm³/mol. The number of rotatable bonds is 4. The third-order valence-electron chi connectivity index (χ3n) is 3.45. The van der Waals surface area contributed by atoms with Crippen LogP contribution in [0.15, 0.2) is 48.5 Å². The minimum absolute atomic E-state index is 0.192. The van der Waals surface area contributed by atoms with Crippen LogP contribution in [0.4, 0.5) is 4.39 Å². The van der Waals surface area contributed by atoms with Crippen molar-refractivity contribution < 1.29 is 4.39 Å². The number of benzene rings is 2. The van der Waals surface area contributed by atoms with Crippen molar-refractivity contribution in [3.63, 3.8) is 0 Å². The van der Waals surface area contributed by atoms with Gasteiger partial charge < -0.3 is 5.32 Å². The molecule has 0 aliphatic heterocycles. The first-order valence-electron chi connectivity index (χ1n) is 6.64. The Kier molecular flexibility index (Phi) is 4.33. The lowest BCUT2D eigenvalue weighted by Crippen LogP contribution is -2.22. The van der Waals surface area contributed by atoms with E-state index in [1.54, 1.807) is 0 Å². The normalized spacial score (nSPS) is 14.1. The molecule has 0 amide bonds. The maximum atomic E-state index is 12.9. The number of halogens is 1. The molecule has 2 atom stereocenters. The van der Waals surface area contributed by atoms with Crippen molar-refractivity contribution in [2.24, 2.45) is 0 Å². The zero-order valence-electron chi connectivity index (χ0n) is 11.7. The van der Waals surface area contributed by atoms with Crippen LogP contribution in [0.2, 0.25) is 0 Å². The zero-order chi connectivity index (χ0) is 13.8. The quantitative estimate of drug-likeness (QED) is 0.847. The van der Waals surface area contributed by atoms with Gasteiger partial charge in [0, 0.05) is 12.1 Å². The highest BCUT2D eigenvalue weighted by molar-refractivity contribution is 5.25. The molecule has 0 aliphatic carbocycles. The summed E-state index contributed by atoms with van der Waals surface area (Å²) in [5.41, 5.74) is 3.63. The number of nitrogens with one attached hydrogen (secondary N) is 1. The van der Waals surface area contributed by atoms with Crippen LogP contribution in [0.25, 0.3) is 0 Å². The minimum Gasteiger partial charge on any atom is -0.304 e. The Bertz CT molecular complexity index is 466. The highest BCUT2D eigenvalue weighted by Gasteiger charge is 2.10. The lowest BCUT2D eigenvalue weighted by Gasteiger charge is -2.21. The van der Waals surface area contributed by atoms with E-state index in [9.17, 15) is 4.39 Å². The van der Waals surface area contributed by atoms with E-state index in [1.165, 1.54) is 23.3 Å². The van der Waals surface area contributed by atoms with Crippen LogP contribution in [-0.4, -0.2) is 0 Å². The molecule has 0 aliphatic rings. The molecule has 100 valence electrons. The number of hydrogen-bond acceptors (Lipinski definition) is 1. The lowest BCUT2D eigenvalue weighted by atomic mass is 10.0. The van der Waals surface area contributed by atoms with E-state index < -0.39 is 0 Å². The summed E-state index contributed by atoms with van der Waals surface area (Å²) in [4.78, 5) is 0. The van der Waals surface area contributed by atoms with E-state index in [1.807, 2.05) is 12.1 Å². The molecule has 1 N–H and O–H groups in total. The van der Waals surface area contributed by atoms with Gasteiger partial charge in [-0.15, -0.1) is 0 Å². The van der Waals surface area contributed by atoms with Gasteiger partial charge in [-0.25, -0.2) is 4.39 Å². The van der Waals surface area contributed by atoms with Gasteiger partial charge in [-0.3, -0.25) is 0 Å². The average Bonchev–Trinajstić information content (AvgIpc) is 2.40. The monoisotopic (exact) mass is 257 g/mol. The molecular weight excluding hydrogens is 237 g/mol. The second-order valence-electron chi connectivity index (χ2n) is 5.07. The van der Waals surface area contributed by atoms with Crippen molar-refractivity contribution in [2.45, 2.75) is 32.9 Å². The maximum Gasteiger partial charge on any atom is 0.123 e. The first-order chi connectivity index (χ1) is 9.06. The Hall–Kier alpha value is -1.67. The summed E-state index contributed by atoms with van der Waals surface area (Å²) < 4.78 is 12.9. The SMILES string of the molecule is Cc1ccc(C(C)N[C@H](C)c2ccc(F)cc2)cc1. The van der Waals surface area contributed by atoms with E-state index >= 15 is 0 Å². The Morgan fingerprint density at radius 2 is 1.21 bits per heavy atom. The fourth-order valence-corrected chi connectivity index (χ4v) is 2.17. The third kappa shape index (κ3) is 3.65. The molecule has 19 heavy (non-hydrogen) atoms. The molecule has 1 nitrogen and oxygen atoms in total. The molecule has 2 aromatic rings. The minimum atomic E-state index is -0.192. The Morgan fingerprint density at radius 1 is 0.789 bits per heavy atom. The summed E-state index contributed by atoms with van der Waals surface area (Å²) in [7, 11) is 0. The predicted octanol–water partition coefficient (Wildman–Crippen LogP) is 4.55. The van der Waals surface area contributed by atoms with Gasteiger partial charge in [0.15, 0.2) is 0 Å². The van der Waals surface area contributed by atoms with E-state index in [2.05, 4.69) is 50.4 Å². The Labute approximate surface area is 114 Å². The molecule has 2 rings (SSSR count). The van der Waals surface area contributed by atoms with Crippen molar-refractivity contribution in [1.82, 2.24) is 5.32 Å². The van der Waals surface area contributed by atoms with Crippen LogP contribution in [0.5, 0.6) is 0 Å². The van der Waals surface area contributed by atoms with Gasteiger partial charge in [-0.1, -0.05) is 42.0 Å². The van der Waals surface area contributed by atoms with Gasteiger partial charge in [-0.2, -0.15) is 0 Å². The van der Waals surface area contributed by atoms with Gasteiger partial charge in [0.25, 0.3) is 0 Å². The van der Waals surface area contributed by atoms with Crippen LogP contribution >= 0.6 is 0 Å². The fourth-order valence-electron chi connectivity index (χ4n) is 2.17. The van der Waals surface area contributed by atoms with E-state index in [0.29, 0.717) is 0 Å². The molecule has 0 radical (unpaired) electrons. The molecule has 0 spiro atoms. The van der Waals surface area contributed by atoms with Gasteiger partial charge in [-0.05, 0) is 44.0 Å². The van der Waals surface area contributed by atoms with E-state index in [0.717, 1.165) is 5.56 Å². The second-order valence-corrected chi connectivity index (χ2v) is 5.07. The van der Waals surface area contributed by atoms with Crippen LogP contribution in [0.1, 0.15) is 42.6 Å². The molecule has 2 aromatic carbocycles. The maximum absolute atomic E-state index is 12.9. The number of aryl methyl sites for hydroxylation is 1. The summed E-state index contributed by atoms with van der Waals surface area (Å²) in [6, 6.07) is 15.6. The largest absolute Gasteiger partial charge is 0.304 e. The first kappa shape index (κ1) is 13.8. The van der Waals surface area contributed by atoms with Gasteiger partial charge in [0.05, 0.1) is 0 Å². The summed E-state index contributed by atoms with van der Waals surface area (Å²) in [6.07, 6.45) is 0. The first-order valence-corrected chi connectivity index (χ1v) is 6.64. The fraction of sp³-hybridized carbons (Fsp3) is 0.294. The summed E-state index contributed by atoms with van der Waals surface area (Å²) in [5, 5.41) is 3.53. The molecule has 0 bridgehead atoms. The van der Waals surface area contributed by atoms with Crippen molar-refractivity contribution in [3.8, 4) is 0 Å². The van der Waals surface area contributed by atoms with Crippen LogP contribution < -0.4 is 5.32 Å². The highest BCUT2D eigenvalue weighted by Crippen LogP contribution is 2.19. The molecule has 0 saturated heterocycles. The lowest BCUT2D eigenvalue weighted by molar-refractivity contribution is 0.494. The summed E-state index contributed by atoms with van der Waals surface area (Å²) in [6.45, 7) is 6.33. The van der Waals surface area contributed by atoms with Crippen LogP contribution in [-0.2, 0) is 0 Å². The smallest absolute Gasteiger partial charge is 0.123 e. The molecule has 2 heteroatoms. The molecule has 0 aromatic heterocycles. The number of hydrogen-bond donors (Lipinski definition) is 1. The van der Waals surface area contributed by atoms with Crippen molar-refractivity contribution in [2.75, 3.05) is 0 Å². The second kappa shape index (κ2) is 5.98. The van der Waals surface area contributed by atoms with Crippen molar-refractivity contribution in [3.05, 3.63) is 71.0 Å². The Morgan fingerprint density at radius 3 is 1.68 bits per heavy atom. The molecule has 1 unspecified atom stereocenters. The van der Waals surface area contributed by atoms with Crippen LogP contribution in [0, 0.1) is 12.7 Å². The molecule has 0 saturated carbocycles. The van der Waals surface area contributed by atoms with E-state index in [-0.39, 0.29) is 17.9 Å². The highest BCUT2D eigenvalue weighted by atomic mass is 19.1. The average molecular weight is 257 g/mol. The van der Waals surface area contributed by atoms with Crippen LogP contribution in [0.3, 0.4) is 0 Å². The van der Waals surface area contributed by atoms with Crippen molar-refractivity contribution in [1.29, 1.82) is 0 Å². The van der Waals surface area contributed by atoms with Gasteiger partial charge in [0.1, 0.15) is 5.82 Å². The third-order valence-corrected chi connectivity index (χ3v) is 3.45. The topological polar surface area (TPSA) is 12.0 Å². The Balaban J connectivity index is 2.03. The van der Waals surface area contributed by atoms with Crippen molar-refractivity contribution >= 4 is 0 Å². The standard InChI is InChI=1S/C17H20FN/c1-12-4-6-15(7-5-12)13(2)19-14(3)16-8-10-17(18)11-9-16/h4-11,13-14,19H,1-3H3/t13?,14-/m1/s1. The molecule has 0 fully saturated rings. The summed E-state index contributed by atoms with van der Waals surface area (Å²) >= 11 is 0. The molecule has 0 heterocycles. The zero-order valence-corrected chi connectivity index (χ0v) is 11.7. The summed E-state index contributed by atoms with van der Waals surface area (Å²) in [5.74, 6) is -0.192. The van der Waals surface area contributed by atoms with Gasteiger partial charge >= 0.3 is 0 Å². The van der Waals surface area contributed by atoms with E-state index in [4.69, 9.17) is 0 Å². The van der Waals surface area contributed by atoms with Gasteiger partial charge in [0.2, 0.25) is 0 Å². The molecular formula is C17H20FN.